The van der Waals surface area contributed by atoms with Crippen LogP contribution in [0.4, 0.5) is 4.39 Å². The van der Waals surface area contributed by atoms with Gasteiger partial charge < -0.3 is 4.90 Å². The zero-order valence-electron chi connectivity index (χ0n) is 16.0. The number of nitrogens with zero attached hydrogens (tertiary/aromatic N) is 3. The van der Waals surface area contributed by atoms with Gasteiger partial charge in [-0.1, -0.05) is 12.1 Å². The van der Waals surface area contributed by atoms with E-state index in [-0.39, 0.29) is 23.5 Å². The molecule has 3 amide bonds. The molecule has 2 aromatic rings. The third-order valence-corrected chi connectivity index (χ3v) is 5.48. The largest absolute Gasteiger partial charge is 0.336 e. The van der Waals surface area contributed by atoms with Crippen molar-refractivity contribution in [1.82, 2.24) is 14.7 Å². The minimum absolute atomic E-state index is 0.0873. The maximum absolute atomic E-state index is 13.0. The van der Waals surface area contributed by atoms with Crippen LogP contribution in [0.15, 0.2) is 48.5 Å². The summed E-state index contributed by atoms with van der Waals surface area (Å²) in [6.07, 6.45) is 0.692. The molecule has 2 aliphatic rings. The molecule has 0 unspecified atom stereocenters. The molecule has 4 rings (SSSR count). The first-order valence-electron chi connectivity index (χ1n) is 9.77. The summed E-state index contributed by atoms with van der Waals surface area (Å²) in [5.41, 5.74) is 1.45. The highest BCUT2D eigenvalue weighted by Gasteiger charge is 2.34. The maximum Gasteiger partial charge on any atom is 0.261 e. The van der Waals surface area contributed by atoms with Gasteiger partial charge in [-0.2, -0.15) is 0 Å². The Labute approximate surface area is 168 Å². The lowest BCUT2D eigenvalue weighted by Gasteiger charge is -2.35. The van der Waals surface area contributed by atoms with Gasteiger partial charge in [0.15, 0.2) is 0 Å². The lowest BCUT2D eigenvalue weighted by molar-refractivity contribution is 0.0595. The first kappa shape index (κ1) is 19.3. The van der Waals surface area contributed by atoms with E-state index >= 15 is 0 Å². The van der Waals surface area contributed by atoms with Crippen LogP contribution in [0.5, 0.6) is 0 Å². The van der Waals surface area contributed by atoms with Gasteiger partial charge in [-0.25, -0.2) is 4.39 Å². The van der Waals surface area contributed by atoms with Crippen molar-refractivity contribution in [2.45, 2.75) is 6.42 Å². The Kier molecular flexibility index (Phi) is 5.40. The van der Waals surface area contributed by atoms with Crippen molar-refractivity contribution in [3.05, 3.63) is 71.0 Å². The van der Waals surface area contributed by atoms with Crippen LogP contribution in [0, 0.1) is 5.82 Å². The van der Waals surface area contributed by atoms with E-state index in [1.165, 1.54) is 29.2 Å². The predicted molar refractivity (Wildman–Crippen MR) is 105 cm³/mol. The molecule has 1 fully saturated rings. The highest BCUT2D eigenvalue weighted by molar-refractivity contribution is 6.21. The highest BCUT2D eigenvalue weighted by atomic mass is 19.1. The second-order valence-electron chi connectivity index (χ2n) is 7.30. The van der Waals surface area contributed by atoms with Gasteiger partial charge in [0.1, 0.15) is 5.82 Å². The van der Waals surface area contributed by atoms with Crippen LogP contribution < -0.4 is 0 Å². The number of fused-ring (bicyclic) bond motifs is 1. The molecule has 0 aliphatic carbocycles. The third-order valence-electron chi connectivity index (χ3n) is 5.48. The average molecular weight is 395 g/mol. The van der Waals surface area contributed by atoms with E-state index in [9.17, 15) is 18.8 Å². The minimum atomic E-state index is -0.357. The molecule has 150 valence electrons. The zero-order chi connectivity index (χ0) is 20.4. The molecule has 2 heterocycles. The zero-order valence-corrected chi connectivity index (χ0v) is 16.0. The molecule has 0 spiro atoms. The minimum Gasteiger partial charge on any atom is -0.336 e. The van der Waals surface area contributed by atoms with Gasteiger partial charge in [0, 0.05) is 38.3 Å². The predicted octanol–water partition coefficient (Wildman–Crippen LogP) is 2.27. The van der Waals surface area contributed by atoms with Crippen LogP contribution in [0.2, 0.25) is 0 Å². The van der Waals surface area contributed by atoms with Crippen molar-refractivity contribution < 1.29 is 18.8 Å². The molecule has 2 aromatic carbocycles. The van der Waals surface area contributed by atoms with Crippen LogP contribution in [0.1, 0.15) is 37.5 Å². The van der Waals surface area contributed by atoms with Crippen LogP contribution >= 0.6 is 0 Å². The number of halogens is 1. The van der Waals surface area contributed by atoms with Gasteiger partial charge in [-0.05, 0) is 49.4 Å². The topological polar surface area (TPSA) is 60.9 Å². The number of rotatable bonds is 5. The first-order chi connectivity index (χ1) is 14.0. The smallest absolute Gasteiger partial charge is 0.261 e. The van der Waals surface area contributed by atoms with Gasteiger partial charge in [0.2, 0.25) is 0 Å². The first-order valence-corrected chi connectivity index (χ1v) is 9.77. The van der Waals surface area contributed by atoms with Crippen LogP contribution in [0.25, 0.3) is 0 Å². The summed E-state index contributed by atoms with van der Waals surface area (Å²) in [7, 11) is 0. The molecule has 1 saturated heterocycles. The summed E-state index contributed by atoms with van der Waals surface area (Å²) in [4.78, 5) is 42.6. The van der Waals surface area contributed by atoms with Crippen LogP contribution in [0.3, 0.4) is 0 Å². The molecular weight excluding hydrogens is 373 g/mol. The van der Waals surface area contributed by atoms with Crippen LogP contribution in [-0.2, 0) is 0 Å². The second-order valence-corrected chi connectivity index (χ2v) is 7.30. The number of benzene rings is 2. The molecule has 0 bridgehead atoms. The molecule has 0 N–H and O–H groups in total. The Morgan fingerprint density at radius 3 is 2.00 bits per heavy atom. The quantitative estimate of drug-likeness (QED) is 0.729. The SMILES string of the molecule is O=C(c1ccc(F)cc1)N1CCN(CCCN2C(=O)c3ccccc3C2=O)CC1. The molecule has 0 radical (unpaired) electrons. The Morgan fingerprint density at radius 1 is 0.828 bits per heavy atom. The third kappa shape index (κ3) is 3.91. The van der Waals surface area contributed by atoms with E-state index in [1.807, 2.05) is 0 Å². The number of piperazine rings is 1. The lowest BCUT2D eigenvalue weighted by atomic mass is 10.1. The highest BCUT2D eigenvalue weighted by Crippen LogP contribution is 2.22. The van der Waals surface area contributed by atoms with Crippen molar-refractivity contribution in [3.63, 3.8) is 0 Å². The van der Waals surface area contributed by atoms with E-state index in [4.69, 9.17) is 0 Å². The fourth-order valence-electron chi connectivity index (χ4n) is 3.84. The average Bonchev–Trinajstić information content (AvgIpc) is 2.99. The maximum atomic E-state index is 13.0. The molecule has 0 aromatic heterocycles. The number of carbonyl (C=O) groups is 3. The molecule has 7 heteroatoms. The van der Waals surface area contributed by atoms with Crippen molar-refractivity contribution in [2.24, 2.45) is 0 Å². The van der Waals surface area contributed by atoms with E-state index in [2.05, 4.69) is 4.90 Å². The summed E-state index contributed by atoms with van der Waals surface area (Å²) in [5, 5.41) is 0. The van der Waals surface area contributed by atoms with Gasteiger partial charge >= 0.3 is 0 Å². The number of hydrogen-bond donors (Lipinski definition) is 0. The number of imide groups is 1. The van der Waals surface area contributed by atoms with E-state index < -0.39 is 0 Å². The monoisotopic (exact) mass is 395 g/mol. The Hall–Kier alpha value is -3.06. The summed E-state index contributed by atoms with van der Waals surface area (Å²) in [6, 6.07) is 12.5. The van der Waals surface area contributed by atoms with Crippen molar-refractivity contribution >= 4 is 17.7 Å². The molecule has 29 heavy (non-hydrogen) atoms. The molecule has 2 aliphatic heterocycles. The Bertz CT molecular complexity index is 902. The molecular formula is C22H22FN3O3. The summed E-state index contributed by atoms with van der Waals surface area (Å²) >= 11 is 0. The summed E-state index contributed by atoms with van der Waals surface area (Å²) < 4.78 is 13.0. The van der Waals surface area contributed by atoms with E-state index in [0.29, 0.717) is 42.7 Å². The number of hydrogen-bond acceptors (Lipinski definition) is 4. The second kappa shape index (κ2) is 8.13. The fraction of sp³-hybridized carbons (Fsp3) is 0.318. The van der Waals surface area contributed by atoms with Gasteiger partial charge in [-0.3, -0.25) is 24.2 Å². The van der Waals surface area contributed by atoms with Crippen molar-refractivity contribution in [2.75, 3.05) is 39.3 Å². The van der Waals surface area contributed by atoms with Crippen molar-refractivity contribution in [1.29, 1.82) is 0 Å². The number of amides is 3. The summed E-state index contributed by atoms with van der Waals surface area (Å²) in [6.45, 7) is 3.81. The number of carbonyl (C=O) groups excluding carboxylic acids is 3. The van der Waals surface area contributed by atoms with Crippen molar-refractivity contribution in [3.8, 4) is 0 Å². The van der Waals surface area contributed by atoms with E-state index in [1.54, 1.807) is 29.2 Å². The molecule has 0 atom stereocenters. The fourth-order valence-corrected chi connectivity index (χ4v) is 3.84. The standard InChI is InChI=1S/C22H22FN3O3/c23-17-8-6-16(7-9-17)20(27)25-14-12-24(13-15-25)10-3-11-26-21(28)18-4-1-2-5-19(18)22(26)29/h1-2,4-9H,3,10-15H2. The van der Waals surface area contributed by atoms with E-state index in [0.717, 1.165) is 19.6 Å². The Balaban J connectivity index is 1.24. The normalized spacial score (nSPS) is 17.0. The Morgan fingerprint density at radius 2 is 1.41 bits per heavy atom. The van der Waals surface area contributed by atoms with Crippen LogP contribution in [-0.4, -0.2) is 71.7 Å². The molecule has 0 saturated carbocycles. The van der Waals surface area contributed by atoms with Gasteiger partial charge in [-0.15, -0.1) is 0 Å². The summed E-state index contributed by atoms with van der Waals surface area (Å²) in [5.74, 6) is -0.888. The molecule has 6 nitrogen and oxygen atoms in total. The lowest BCUT2D eigenvalue weighted by Crippen LogP contribution is -2.49. The van der Waals surface area contributed by atoms with Gasteiger partial charge in [0.25, 0.3) is 17.7 Å². The van der Waals surface area contributed by atoms with Gasteiger partial charge in [0.05, 0.1) is 11.1 Å².